The third-order valence-electron chi connectivity index (χ3n) is 5.72. The van der Waals surface area contributed by atoms with Gasteiger partial charge < -0.3 is 10.6 Å². The lowest BCUT2D eigenvalue weighted by molar-refractivity contribution is -0.137. The van der Waals surface area contributed by atoms with Gasteiger partial charge in [-0.05, 0) is 42.7 Å². The van der Waals surface area contributed by atoms with E-state index in [1.54, 1.807) is 25.1 Å². The second-order valence-corrected chi connectivity index (χ2v) is 8.52. The number of amides is 2. The van der Waals surface area contributed by atoms with Crippen molar-refractivity contribution in [2.75, 3.05) is 0 Å². The molecule has 0 aliphatic rings. The van der Waals surface area contributed by atoms with E-state index in [1.807, 2.05) is 0 Å². The van der Waals surface area contributed by atoms with E-state index in [1.165, 1.54) is 19.1 Å². The molecule has 2 N–H and O–H groups in total. The Balaban J connectivity index is 1.54. The topological polar surface area (TPSA) is 105 Å². The maximum atomic E-state index is 14.3. The van der Waals surface area contributed by atoms with Gasteiger partial charge in [0.25, 0.3) is 11.8 Å². The van der Waals surface area contributed by atoms with Gasteiger partial charge in [0.05, 0.1) is 11.8 Å². The molecular formula is C26H21F4N5O3. The highest BCUT2D eigenvalue weighted by atomic mass is 19.4. The minimum absolute atomic E-state index is 0.0719. The Morgan fingerprint density at radius 1 is 0.947 bits per heavy atom. The van der Waals surface area contributed by atoms with E-state index < -0.39 is 29.4 Å². The average molecular weight is 527 g/mol. The van der Waals surface area contributed by atoms with Crippen LogP contribution in [0.25, 0.3) is 5.65 Å². The number of aryl methyl sites for hydroxylation is 1. The summed E-state index contributed by atoms with van der Waals surface area (Å²) in [5.74, 6) is -2.46. The van der Waals surface area contributed by atoms with Crippen LogP contribution < -0.4 is 10.6 Å². The van der Waals surface area contributed by atoms with Crippen molar-refractivity contribution in [3.8, 4) is 0 Å². The van der Waals surface area contributed by atoms with Gasteiger partial charge in [0.15, 0.2) is 17.2 Å². The summed E-state index contributed by atoms with van der Waals surface area (Å²) in [5, 5.41) is 8.91. The highest BCUT2D eigenvalue weighted by Gasteiger charge is 2.30. The van der Waals surface area contributed by atoms with Gasteiger partial charge >= 0.3 is 6.18 Å². The smallest absolute Gasteiger partial charge is 0.347 e. The van der Waals surface area contributed by atoms with Crippen molar-refractivity contribution < 1.29 is 31.9 Å². The zero-order valence-electron chi connectivity index (χ0n) is 20.2. The standard InChI is InChI=1S/C26H21F4N5O3/c1-14-8-17(6-7-19(14)15(2)36)12-32-25(38)22-10-21(34-23-20(27)13-33-35(22)23)24(37)31-11-16-4-3-5-18(9-16)26(28,29)30/h3-10,13H,11-12H2,1-2H3,(H,31,37)(H,32,38). The summed E-state index contributed by atoms with van der Waals surface area (Å²) in [6.45, 7) is 3.04. The first-order valence-corrected chi connectivity index (χ1v) is 11.3. The van der Waals surface area contributed by atoms with E-state index in [0.717, 1.165) is 34.5 Å². The zero-order chi connectivity index (χ0) is 27.6. The fourth-order valence-corrected chi connectivity index (χ4v) is 3.85. The molecule has 2 amide bonds. The highest BCUT2D eigenvalue weighted by Crippen LogP contribution is 2.29. The van der Waals surface area contributed by atoms with Gasteiger partial charge in [-0.25, -0.2) is 13.9 Å². The Hall–Kier alpha value is -4.61. The SMILES string of the molecule is CC(=O)c1ccc(CNC(=O)c2cc(C(=O)NCc3cccc(C(F)(F)F)c3)nc3c(F)cnn23)cc1C. The number of aromatic nitrogens is 3. The molecule has 2 aromatic carbocycles. The summed E-state index contributed by atoms with van der Waals surface area (Å²) in [6.07, 6.45) is -3.70. The number of alkyl halides is 3. The van der Waals surface area contributed by atoms with Gasteiger partial charge in [0, 0.05) is 24.7 Å². The van der Waals surface area contributed by atoms with Crippen molar-refractivity contribution in [1.29, 1.82) is 0 Å². The highest BCUT2D eigenvalue weighted by molar-refractivity contribution is 5.98. The van der Waals surface area contributed by atoms with Crippen LogP contribution in [0.3, 0.4) is 0 Å². The van der Waals surface area contributed by atoms with E-state index in [9.17, 15) is 31.9 Å². The van der Waals surface area contributed by atoms with Crippen LogP contribution in [-0.4, -0.2) is 32.2 Å². The number of benzene rings is 2. The van der Waals surface area contributed by atoms with E-state index >= 15 is 0 Å². The molecule has 0 radical (unpaired) electrons. The summed E-state index contributed by atoms with van der Waals surface area (Å²) in [7, 11) is 0. The van der Waals surface area contributed by atoms with Crippen molar-refractivity contribution in [3.05, 3.63) is 99.8 Å². The molecule has 0 saturated carbocycles. The zero-order valence-corrected chi connectivity index (χ0v) is 20.2. The van der Waals surface area contributed by atoms with Gasteiger partial charge in [0.2, 0.25) is 0 Å². The molecule has 196 valence electrons. The molecule has 0 spiro atoms. The number of hydrogen-bond acceptors (Lipinski definition) is 5. The number of Topliss-reactive ketones (excluding diaryl/α,β-unsaturated/α-hetero) is 1. The number of nitrogens with one attached hydrogen (secondary N) is 2. The number of halogens is 4. The van der Waals surface area contributed by atoms with Crippen LogP contribution in [0.4, 0.5) is 17.6 Å². The van der Waals surface area contributed by atoms with E-state index in [-0.39, 0.29) is 41.5 Å². The van der Waals surface area contributed by atoms with Crippen molar-refractivity contribution in [2.45, 2.75) is 33.1 Å². The van der Waals surface area contributed by atoms with Gasteiger partial charge in [0.1, 0.15) is 11.4 Å². The maximum Gasteiger partial charge on any atom is 0.416 e. The molecule has 0 saturated heterocycles. The first-order valence-electron chi connectivity index (χ1n) is 11.3. The molecule has 0 fully saturated rings. The lowest BCUT2D eigenvalue weighted by Crippen LogP contribution is -2.28. The first-order chi connectivity index (χ1) is 17.9. The van der Waals surface area contributed by atoms with Crippen LogP contribution >= 0.6 is 0 Å². The Bertz CT molecular complexity index is 1560. The summed E-state index contributed by atoms with van der Waals surface area (Å²) < 4.78 is 54.1. The van der Waals surface area contributed by atoms with Gasteiger partial charge in [-0.2, -0.15) is 18.3 Å². The molecule has 0 aliphatic carbocycles. The van der Waals surface area contributed by atoms with E-state index in [2.05, 4.69) is 20.7 Å². The van der Waals surface area contributed by atoms with Crippen LogP contribution in [0.2, 0.25) is 0 Å². The normalized spacial score (nSPS) is 11.4. The van der Waals surface area contributed by atoms with Crippen LogP contribution in [0, 0.1) is 12.7 Å². The van der Waals surface area contributed by atoms with Crippen molar-refractivity contribution >= 4 is 23.2 Å². The number of ketones is 1. The molecule has 0 atom stereocenters. The molecule has 0 aliphatic heterocycles. The maximum absolute atomic E-state index is 14.3. The molecule has 2 aromatic heterocycles. The first kappa shape index (κ1) is 26.5. The molecule has 12 heteroatoms. The van der Waals surface area contributed by atoms with Gasteiger partial charge in [-0.3, -0.25) is 14.4 Å². The van der Waals surface area contributed by atoms with E-state index in [0.29, 0.717) is 11.1 Å². The number of hydrogen-bond donors (Lipinski definition) is 2. The Morgan fingerprint density at radius 2 is 1.63 bits per heavy atom. The minimum atomic E-state index is -4.54. The van der Waals surface area contributed by atoms with Gasteiger partial charge in [-0.15, -0.1) is 0 Å². The van der Waals surface area contributed by atoms with Crippen LogP contribution in [-0.2, 0) is 19.3 Å². The number of rotatable bonds is 7. The monoisotopic (exact) mass is 527 g/mol. The molecule has 4 aromatic rings. The summed E-state index contributed by atoms with van der Waals surface area (Å²) in [4.78, 5) is 41.3. The molecule has 0 unspecified atom stereocenters. The predicted molar refractivity (Wildman–Crippen MR) is 128 cm³/mol. The van der Waals surface area contributed by atoms with Crippen LogP contribution in [0.1, 0.15) is 60.5 Å². The number of fused-ring (bicyclic) bond motifs is 1. The number of carbonyl (C=O) groups is 3. The molecule has 2 heterocycles. The predicted octanol–water partition coefficient (Wildman–Crippen LogP) is 4.26. The molecule has 0 bridgehead atoms. The number of nitrogens with zero attached hydrogens (tertiary/aromatic N) is 3. The van der Waals surface area contributed by atoms with Crippen molar-refractivity contribution in [3.63, 3.8) is 0 Å². The summed E-state index contributed by atoms with van der Waals surface area (Å²) in [6, 6.07) is 10.6. The van der Waals surface area contributed by atoms with Gasteiger partial charge in [-0.1, -0.05) is 30.3 Å². The molecule has 8 nitrogen and oxygen atoms in total. The Labute approximate surface area is 213 Å². The third kappa shape index (κ3) is 5.69. The fourth-order valence-electron chi connectivity index (χ4n) is 3.85. The van der Waals surface area contributed by atoms with Crippen LogP contribution in [0.5, 0.6) is 0 Å². The van der Waals surface area contributed by atoms with E-state index in [4.69, 9.17) is 0 Å². The Kier molecular flexibility index (Phi) is 7.24. The number of carbonyl (C=O) groups excluding carboxylic acids is 3. The molecular weight excluding hydrogens is 506 g/mol. The molecule has 4 rings (SSSR count). The van der Waals surface area contributed by atoms with Crippen LogP contribution in [0.15, 0.2) is 54.7 Å². The average Bonchev–Trinajstić information content (AvgIpc) is 3.25. The quantitative estimate of drug-likeness (QED) is 0.276. The lowest BCUT2D eigenvalue weighted by Gasteiger charge is -2.11. The Morgan fingerprint density at radius 3 is 2.29 bits per heavy atom. The van der Waals surface area contributed by atoms with Crippen molar-refractivity contribution in [2.24, 2.45) is 0 Å². The lowest BCUT2D eigenvalue weighted by atomic mass is 10.0. The minimum Gasteiger partial charge on any atom is -0.347 e. The largest absolute Gasteiger partial charge is 0.416 e. The summed E-state index contributed by atoms with van der Waals surface area (Å²) in [5.41, 5.74) is 0.452. The summed E-state index contributed by atoms with van der Waals surface area (Å²) >= 11 is 0. The fraction of sp³-hybridized carbons (Fsp3) is 0.192. The second-order valence-electron chi connectivity index (χ2n) is 8.52. The third-order valence-corrected chi connectivity index (χ3v) is 5.72. The second kappa shape index (κ2) is 10.4. The van der Waals surface area contributed by atoms with Crippen molar-refractivity contribution in [1.82, 2.24) is 25.2 Å². The molecule has 38 heavy (non-hydrogen) atoms.